The Kier molecular flexibility index (Phi) is 7.16. The lowest BCUT2D eigenvalue weighted by Gasteiger charge is -2.10. The lowest BCUT2D eigenvalue weighted by molar-refractivity contribution is -0.117. The molecule has 0 aliphatic carbocycles. The van der Waals surface area contributed by atoms with Crippen molar-refractivity contribution in [3.8, 4) is 11.8 Å². The van der Waals surface area contributed by atoms with Crippen LogP contribution in [0, 0.1) is 20.7 Å². The van der Waals surface area contributed by atoms with Crippen LogP contribution in [0.5, 0.6) is 5.75 Å². The highest BCUT2D eigenvalue weighted by atomic mass is 127. The van der Waals surface area contributed by atoms with Gasteiger partial charge in [-0.2, -0.15) is 5.26 Å². The molecule has 0 bridgehead atoms. The average Bonchev–Trinajstić information content (AvgIpc) is 2.58. The zero-order valence-electron chi connectivity index (χ0n) is 14.4. The summed E-state index contributed by atoms with van der Waals surface area (Å²) in [5, 5.41) is 11.9. The van der Waals surface area contributed by atoms with Crippen LogP contribution in [0.25, 0.3) is 6.08 Å². The van der Waals surface area contributed by atoms with E-state index in [0.717, 1.165) is 14.7 Å². The first-order valence-corrected chi connectivity index (χ1v) is 9.06. The maximum atomic E-state index is 13.2. The summed E-state index contributed by atoms with van der Waals surface area (Å²) in [4.78, 5) is 12.0. The minimum atomic E-state index is -0.399. The van der Waals surface area contributed by atoms with Gasteiger partial charge in [-0.1, -0.05) is 18.2 Å². The molecule has 0 aliphatic rings. The molecule has 2 aromatic rings. The van der Waals surface area contributed by atoms with E-state index in [1.807, 2.05) is 26.0 Å². The summed E-state index contributed by atoms with van der Waals surface area (Å²) in [7, 11) is 0. The van der Waals surface area contributed by atoms with E-state index in [-0.39, 0.29) is 24.0 Å². The number of nitrogens with zero attached hydrogens (tertiary/aromatic N) is 1. The van der Waals surface area contributed by atoms with Gasteiger partial charge in [-0.3, -0.25) is 4.79 Å². The summed E-state index contributed by atoms with van der Waals surface area (Å²) < 4.78 is 19.8. The van der Waals surface area contributed by atoms with Crippen LogP contribution in [-0.4, -0.2) is 11.9 Å². The van der Waals surface area contributed by atoms with E-state index in [1.165, 1.54) is 18.2 Å². The number of hydrogen-bond acceptors (Lipinski definition) is 3. The summed E-state index contributed by atoms with van der Waals surface area (Å²) >= 11 is 2.12. The zero-order chi connectivity index (χ0) is 19.1. The van der Waals surface area contributed by atoms with Gasteiger partial charge in [0, 0.05) is 6.04 Å². The lowest BCUT2D eigenvalue weighted by Crippen LogP contribution is -2.30. The highest BCUT2D eigenvalue weighted by Crippen LogP contribution is 2.24. The normalized spacial score (nSPS) is 11.2. The summed E-state index contributed by atoms with van der Waals surface area (Å²) in [5.41, 5.74) is 1.51. The Balaban J connectivity index is 2.12. The summed E-state index contributed by atoms with van der Waals surface area (Å²) in [6, 6.07) is 13.5. The number of amides is 1. The molecule has 0 fully saturated rings. The van der Waals surface area contributed by atoms with Gasteiger partial charge in [0.1, 0.15) is 29.8 Å². The van der Waals surface area contributed by atoms with Gasteiger partial charge >= 0.3 is 0 Å². The summed E-state index contributed by atoms with van der Waals surface area (Å²) in [6.07, 6.45) is 1.54. The molecule has 6 heteroatoms. The number of hydrogen-bond donors (Lipinski definition) is 1. The second kappa shape index (κ2) is 9.34. The van der Waals surface area contributed by atoms with Gasteiger partial charge in [-0.25, -0.2) is 4.39 Å². The third-order valence-electron chi connectivity index (χ3n) is 3.34. The minimum Gasteiger partial charge on any atom is -0.488 e. The van der Waals surface area contributed by atoms with E-state index in [9.17, 15) is 14.4 Å². The van der Waals surface area contributed by atoms with E-state index in [0.29, 0.717) is 5.75 Å². The molecule has 134 valence electrons. The monoisotopic (exact) mass is 464 g/mol. The molecular formula is C20H18FIN2O2. The summed E-state index contributed by atoms with van der Waals surface area (Å²) in [6.45, 7) is 3.92. The molecule has 0 radical (unpaired) electrons. The van der Waals surface area contributed by atoms with Gasteiger partial charge in [0.25, 0.3) is 5.91 Å². The molecule has 2 aromatic carbocycles. The molecule has 0 saturated carbocycles. The van der Waals surface area contributed by atoms with Gasteiger partial charge in [0.05, 0.1) is 3.57 Å². The number of benzene rings is 2. The highest BCUT2D eigenvalue weighted by Gasteiger charge is 2.11. The maximum Gasteiger partial charge on any atom is 0.262 e. The van der Waals surface area contributed by atoms with Crippen LogP contribution in [0.4, 0.5) is 4.39 Å². The fourth-order valence-electron chi connectivity index (χ4n) is 2.17. The van der Waals surface area contributed by atoms with Gasteiger partial charge in [0.2, 0.25) is 0 Å². The minimum absolute atomic E-state index is 0.0435. The van der Waals surface area contributed by atoms with Crippen molar-refractivity contribution in [3.05, 3.63) is 68.6 Å². The topological polar surface area (TPSA) is 62.1 Å². The quantitative estimate of drug-likeness (QED) is 0.391. The van der Waals surface area contributed by atoms with Crippen molar-refractivity contribution in [2.75, 3.05) is 0 Å². The van der Waals surface area contributed by atoms with Crippen molar-refractivity contribution < 1.29 is 13.9 Å². The number of carbonyl (C=O) groups excluding carboxylic acids is 1. The molecule has 0 unspecified atom stereocenters. The van der Waals surface area contributed by atoms with E-state index in [4.69, 9.17) is 4.74 Å². The Labute approximate surface area is 165 Å². The van der Waals surface area contributed by atoms with E-state index < -0.39 is 5.91 Å². The zero-order valence-corrected chi connectivity index (χ0v) is 16.6. The molecule has 0 aliphatic heterocycles. The Hall–Kier alpha value is -2.40. The smallest absolute Gasteiger partial charge is 0.262 e. The van der Waals surface area contributed by atoms with Gasteiger partial charge in [-0.05, 0) is 77.9 Å². The molecule has 0 atom stereocenters. The van der Waals surface area contributed by atoms with Crippen LogP contribution in [0.2, 0.25) is 0 Å². The van der Waals surface area contributed by atoms with Crippen LogP contribution in [0.3, 0.4) is 0 Å². The SMILES string of the molecule is CC(C)NC(=O)/C(C#N)=C\c1ccc(OCc2cccc(F)c2)c(I)c1. The first-order valence-electron chi connectivity index (χ1n) is 7.98. The maximum absolute atomic E-state index is 13.2. The van der Waals surface area contributed by atoms with Crippen molar-refractivity contribution in [1.29, 1.82) is 5.26 Å². The van der Waals surface area contributed by atoms with Crippen molar-refractivity contribution in [1.82, 2.24) is 5.32 Å². The molecule has 4 nitrogen and oxygen atoms in total. The number of nitriles is 1. The Bertz CT molecular complexity index is 872. The van der Waals surface area contributed by atoms with Crippen molar-refractivity contribution in [3.63, 3.8) is 0 Å². The molecule has 0 saturated heterocycles. The number of carbonyl (C=O) groups is 1. The molecule has 2 rings (SSSR count). The summed E-state index contributed by atoms with van der Waals surface area (Å²) in [5.74, 6) is -0.0499. The van der Waals surface area contributed by atoms with Crippen LogP contribution < -0.4 is 10.1 Å². The predicted octanol–water partition coefficient (Wildman–Crippen LogP) is 4.44. The Morgan fingerprint density at radius 2 is 2.12 bits per heavy atom. The second-order valence-corrected chi connectivity index (χ2v) is 7.07. The van der Waals surface area contributed by atoms with Crippen molar-refractivity contribution in [2.45, 2.75) is 26.5 Å². The number of ether oxygens (including phenoxy) is 1. The van der Waals surface area contributed by atoms with Crippen LogP contribution >= 0.6 is 22.6 Å². The molecular weight excluding hydrogens is 446 g/mol. The molecule has 1 N–H and O–H groups in total. The fraction of sp³-hybridized carbons (Fsp3) is 0.200. The van der Waals surface area contributed by atoms with E-state index >= 15 is 0 Å². The first-order chi connectivity index (χ1) is 12.4. The van der Waals surface area contributed by atoms with Gasteiger partial charge < -0.3 is 10.1 Å². The molecule has 0 heterocycles. The van der Waals surface area contributed by atoms with Crippen molar-refractivity contribution >= 4 is 34.6 Å². The van der Waals surface area contributed by atoms with Gasteiger partial charge in [0.15, 0.2) is 0 Å². The second-order valence-electron chi connectivity index (χ2n) is 5.91. The average molecular weight is 464 g/mol. The van der Waals surface area contributed by atoms with Crippen LogP contribution in [0.1, 0.15) is 25.0 Å². The molecule has 1 amide bonds. The number of rotatable bonds is 6. The largest absolute Gasteiger partial charge is 0.488 e. The highest BCUT2D eigenvalue weighted by molar-refractivity contribution is 14.1. The molecule has 26 heavy (non-hydrogen) atoms. The fourth-order valence-corrected chi connectivity index (χ4v) is 2.86. The molecule has 0 spiro atoms. The number of nitrogens with one attached hydrogen (secondary N) is 1. The Morgan fingerprint density at radius 3 is 2.73 bits per heavy atom. The predicted molar refractivity (Wildman–Crippen MR) is 107 cm³/mol. The standard InChI is InChI=1S/C20H18FIN2O2/c1-13(2)24-20(25)16(11-23)8-14-6-7-19(18(22)10-14)26-12-15-4-3-5-17(21)9-15/h3-10,13H,12H2,1-2H3,(H,24,25)/b16-8-. The van der Waals surface area contributed by atoms with E-state index in [2.05, 4.69) is 27.9 Å². The third kappa shape index (κ3) is 5.85. The third-order valence-corrected chi connectivity index (χ3v) is 4.18. The lowest BCUT2D eigenvalue weighted by atomic mass is 10.1. The first kappa shape index (κ1) is 19.9. The van der Waals surface area contributed by atoms with Crippen LogP contribution in [0.15, 0.2) is 48.0 Å². The molecule has 0 aromatic heterocycles. The van der Waals surface area contributed by atoms with Gasteiger partial charge in [-0.15, -0.1) is 0 Å². The van der Waals surface area contributed by atoms with Crippen molar-refractivity contribution in [2.24, 2.45) is 0 Å². The Morgan fingerprint density at radius 1 is 1.35 bits per heavy atom. The number of halogens is 2. The van der Waals surface area contributed by atoms with E-state index in [1.54, 1.807) is 24.3 Å². The van der Waals surface area contributed by atoms with Crippen LogP contribution in [-0.2, 0) is 11.4 Å².